The quantitative estimate of drug-likeness (QED) is 0.796. The molecule has 2 fully saturated rings. The van der Waals surface area contributed by atoms with Crippen molar-refractivity contribution in [2.75, 3.05) is 19.7 Å². The van der Waals surface area contributed by atoms with Gasteiger partial charge in [-0.2, -0.15) is 0 Å². The molecule has 24 heavy (non-hydrogen) atoms. The molecule has 1 atom stereocenters. The molecule has 1 unspecified atom stereocenters. The Morgan fingerprint density at radius 3 is 2.67 bits per heavy atom. The second-order valence-electron chi connectivity index (χ2n) is 6.76. The number of likely N-dealkylation sites (tertiary alicyclic amines) is 1. The van der Waals surface area contributed by atoms with E-state index in [1.54, 1.807) is 30.0 Å². The molecular formula is C19H24FNO3. The van der Waals surface area contributed by atoms with Gasteiger partial charge in [0.2, 0.25) is 5.91 Å². The van der Waals surface area contributed by atoms with Gasteiger partial charge in [-0.1, -0.05) is 24.6 Å². The minimum absolute atomic E-state index is 0.0344. The second-order valence-corrected chi connectivity index (χ2v) is 6.76. The molecule has 2 aliphatic rings. The zero-order valence-corrected chi connectivity index (χ0v) is 14.1. The molecule has 1 aromatic rings. The number of carbonyl (C=O) groups excluding carboxylic acids is 2. The zero-order valence-electron chi connectivity index (χ0n) is 14.1. The van der Waals surface area contributed by atoms with E-state index in [-0.39, 0.29) is 23.6 Å². The lowest BCUT2D eigenvalue weighted by atomic mass is 9.63. The summed E-state index contributed by atoms with van der Waals surface area (Å²) in [5.74, 6) is -0.846. The molecule has 3 rings (SSSR count). The number of hydrogen-bond acceptors (Lipinski definition) is 3. The first-order valence-corrected chi connectivity index (χ1v) is 8.79. The Kier molecular flexibility index (Phi) is 4.88. The summed E-state index contributed by atoms with van der Waals surface area (Å²) < 4.78 is 19.4. The second kappa shape index (κ2) is 6.91. The van der Waals surface area contributed by atoms with E-state index in [2.05, 4.69) is 0 Å². The van der Waals surface area contributed by atoms with Crippen LogP contribution in [0.15, 0.2) is 24.3 Å². The van der Waals surface area contributed by atoms with E-state index in [0.29, 0.717) is 38.1 Å². The number of carbonyl (C=O) groups is 2. The molecule has 1 aliphatic carbocycles. The molecule has 1 heterocycles. The number of halogens is 1. The van der Waals surface area contributed by atoms with Crippen LogP contribution < -0.4 is 0 Å². The molecule has 1 aliphatic heterocycles. The highest BCUT2D eigenvalue weighted by atomic mass is 19.1. The lowest BCUT2D eigenvalue weighted by molar-refractivity contribution is -0.153. The normalized spacial score (nSPS) is 22.6. The summed E-state index contributed by atoms with van der Waals surface area (Å²) in [5.41, 5.74) is -0.249. The van der Waals surface area contributed by atoms with Crippen LogP contribution in [0.25, 0.3) is 0 Å². The van der Waals surface area contributed by atoms with Crippen molar-refractivity contribution in [2.24, 2.45) is 5.92 Å². The molecule has 130 valence electrons. The third-order valence-corrected chi connectivity index (χ3v) is 5.33. The molecule has 1 saturated carbocycles. The van der Waals surface area contributed by atoms with Gasteiger partial charge in [-0.25, -0.2) is 4.39 Å². The van der Waals surface area contributed by atoms with E-state index in [9.17, 15) is 14.0 Å². The van der Waals surface area contributed by atoms with Crippen LogP contribution in [0, 0.1) is 11.7 Å². The van der Waals surface area contributed by atoms with Crippen molar-refractivity contribution in [3.63, 3.8) is 0 Å². The first-order valence-electron chi connectivity index (χ1n) is 8.79. The maximum Gasteiger partial charge on any atom is 0.310 e. The lowest BCUT2D eigenvalue weighted by Crippen LogP contribution is -2.54. The largest absolute Gasteiger partial charge is 0.466 e. The molecule has 1 amide bonds. The van der Waals surface area contributed by atoms with Gasteiger partial charge in [0.25, 0.3) is 0 Å². The molecule has 5 heteroatoms. The van der Waals surface area contributed by atoms with E-state index in [0.717, 1.165) is 19.3 Å². The Labute approximate surface area is 142 Å². The Morgan fingerprint density at radius 2 is 2.04 bits per heavy atom. The Balaban J connectivity index is 1.79. The Hall–Kier alpha value is -1.91. The highest BCUT2D eigenvalue weighted by molar-refractivity contribution is 5.90. The monoisotopic (exact) mass is 333 g/mol. The summed E-state index contributed by atoms with van der Waals surface area (Å²) in [6.45, 7) is 3.15. The summed E-state index contributed by atoms with van der Waals surface area (Å²) in [7, 11) is 0. The molecule has 0 radical (unpaired) electrons. The van der Waals surface area contributed by atoms with Crippen molar-refractivity contribution >= 4 is 11.9 Å². The minimum atomic E-state index is -0.748. The van der Waals surface area contributed by atoms with Gasteiger partial charge < -0.3 is 9.64 Å². The van der Waals surface area contributed by atoms with Crippen molar-refractivity contribution in [1.29, 1.82) is 0 Å². The van der Waals surface area contributed by atoms with Gasteiger partial charge in [-0.05, 0) is 38.7 Å². The zero-order chi connectivity index (χ0) is 17.2. The van der Waals surface area contributed by atoms with Crippen LogP contribution in [-0.2, 0) is 19.7 Å². The average molecular weight is 333 g/mol. The van der Waals surface area contributed by atoms with E-state index >= 15 is 0 Å². The van der Waals surface area contributed by atoms with E-state index in [4.69, 9.17) is 4.74 Å². The van der Waals surface area contributed by atoms with Gasteiger partial charge in [0, 0.05) is 18.7 Å². The lowest BCUT2D eigenvalue weighted by Gasteiger charge is -2.45. The van der Waals surface area contributed by atoms with Crippen LogP contribution in [0.2, 0.25) is 0 Å². The minimum Gasteiger partial charge on any atom is -0.466 e. The Bertz CT molecular complexity index is 627. The predicted octanol–water partition coefficient (Wildman–Crippen LogP) is 3.05. The molecule has 1 aromatic carbocycles. The van der Waals surface area contributed by atoms with Crippen LogP contribution in [0.3, 0.4) is 0 Å². The van der Waals surface area contributed by atoms with Gasteiger partial charge in [0.15, 0.2) is 0 Å². The van der Waals surface area contributed by atoms with Crippen LogP contribution in [-0.4, -0.2) is 36.5 Å². The van der Waals surface area contributed by atoms with Gasteiger partial charge in [-0.15, -0.1) is 0 Å². The number of nitrogens with zero attached hydrogens (tertiary/aromatic N) is 1. The van der Waals surface area contributed by atoms with Crippen LogP contribution in [0.1, 0.15) is 44.6 Å². The first-order chi connectivity index (χ1) is 11.6. The SMILES string of the molecule is CCOC(=O)C1CCCN(C(=O)C2(c3ccccc3F)CCC2)C1. The molecular weight excluding hydrogens is 309 g/mol. The molecule has 0 spiro atoms. The summed E-state index contributed by atoms with van der Waals surface area (Å²) >= 11 is 0. The van der Waals surface area contributed by atoms with Gasteiger partial charge in [-0.3, -0.25) is 9.59 Å². The number of amides is 1. The van der Waals surface area contributed by atoms with Crippen molar-refractivity contribution < 1.29 is 18.7 Å². The van der Waals surface area contributed by atoms with Crippen molar-refractivity contribution in [1.82, 2.24) is 4.90 Å². The number of rotatable bonds is 4. The fraction of sp³-hybridized carbons (Fsp3) is 0.579. The highest BCUT2D eigenvalue weighted by Crippen LogP contribution is 2.46. The topological polar surface area (TPSA) is 46.6 Å². The maximum atomic E-state index is 14.3. The number of hydrogen-bond donors (Lipinski definition) is 0. The van der Waals surface area contributed by atoms with Crippen LogP contribution in [0.4, 0.5) is 4.39 Å². The first kappa shape index (κ1) is 16.9. The summed E-state index contributed by atoms with van der Waals surface area (Å²) in [6.07, 6.45) is 3.80. The highest BCUT2D eigenvalue weighted by Gasteiger charge is 2.49. The number of esters is 1. The smallest absolute Gasteiger partial charge is 0.310 e. The number of benzene rings is 1. The fourth-order valence-corrected chi connectivity index (χ4v) is 3.89. The van der Waals surface area contributed by atoms with E-state index in [1.807, 2.05) is 0 Å². The summed E-state index contributed by atoms with van der Waals surface area (Å²) in [6, 6.07) is 6.57. The van der Waals surface area contributed by atoms with Gasteiger partial charge in [0.1, 0.15) is 5.82 Å². The molecule has 0 N–H and O–H groups in total. The summed E-state index contributed by atoms with van der Waals surface area (Å²) in [5, 5.41) is 0. The number of piperidine rings is 1. The molecule has 1 saturated heterocycles. The molecule has 0 aromatic heterocycles. The third-order valence-electron chi connectivity index (χ3n) is 5.33. The number of ether oxygens (including phenoxy) is 1. The Morgan fingerprint density at radius 1 is 1.29 bits per heavy atom. The van der Waals surface area contributed by atoms with Crippen LogP contribution in [0.5, 0.6) is 0 Å². The standard InChI is InChI=1S/C19H24FNO3/c1-2-24-17(22)14-7-5-12-21(13-14)18(23)19(10-6-11-19)15-8-3-4-9-16(15)20/h3-4,8-9,14H,2,5-7,10-13H2,1H3. The van der Waals surface area contributed by atoms with Crippen molar-refractivity contribution in [3.8, 4) is 0 Å². The predicted molar refractivity (Wildman–Crippen MR) is 87.9 cm³/mol. The molecule has 0 bridgehead atoms. The van der Waals surface area contributed by atoms with Crippen molar-refractivity contribution in [3.05, 3.63) is 35.6 Å². The molecule has 4 nitrogen and oxygen atoms in total. The van der Waals surface area contributed by atoms with E-state index < -0.39 is 5.41 Å². The summed E-state index contributed by atoms with van der Waals surface area (Å²) in [4.78, 5) is 26.9. The average Bonchev–Trinajstić information content (AvgIpc) is 2.56. The maximum absolute atomic E-state index is 14.3. The van der Waals surface area contributed by atoms with Crippen LogP contribution >= 0.6 is 0 Å². The fourth-order valence-electron chi connectivity index (χ4n) is 3.89. The van der Waals surface area contributed by atoms with Crippen molar-refractivity contribution in [2.45, 2.75) is 44.4 Å². The van der Waals surface area contributed by atoms with E-state index in [1.165, 1.54) is 6.07 Å². The van der Waals surface area contributed by atoms with Gasteiger partial charge in [0.05, 0.1) is 17.9 Å². The third kappa shape index (κ3) is 2.92. The van der Waals surface area contributed by atoms with Gasteiger partial charge >= 0.3 is 5.97 Å².